The summed E-state index contributed by atoms with van der Waals surface area (Å²) < 4.78 is 16.2. The Balaban J connectivity index is 1.77. The van der Waals surface area contributed by atoms with Crippen molar-refractivity contribution in [1.82, 2.24) is 14.5 Å². The van der Waals surface area contributed by atoms with Gasteiger partial charge in [-0.25, -0.2) is 4.39 Å². The molecule has 124 valence electrons. The summed E-state index contributed by atoms with van der Waals surface area (Å²) in [5.41, 5.74) is 5.13. The van der Waals surface area contributed by atoms with E-state index in [0.29, 0.717) is 0 Å². The van der Waals surface area contributed by atoms with E-state index in [-0.39, 0.29) is 5.82 Å². The van der Waals surface area contributed by atoms with E-state index in [1.165, 1.54) is 16.8 Å². The lowest BCUT2D eigenvalue weighted by Gasteiger charge is -2.12. The Morgan fingerprint density at radius 3 is 2.83 bits per heavy atom. The SMILES string of the molecule is CN1CCCc2c(c3cc(F)ccc3n2CCc2ccncc2)C1. The summed E-state index contributed by atoms with van der Waals surface area (Å²) in [5, 5.41) is 1.08. The molecule has 0 unspecified atom stereocenters. The zero-order valence-electron chi connectivity index (χ0n) is 14.0. The molecule has 0 spiro atoms. The average molecular weight is 323 g/mol. The fourth-order valence-electron chi connectivity index (χ4n) is 3.82. The lowest BCUT2D eigenvalue weighted by atomic mass is 10.1. The van der Waals surface area contributed by atoms with Crippen molar-refractivity contribution in [3.8, 4) is 0 Å². The number of fused-ring (bicyclic) bond motifs is 3. The molecule has 0 aliphatic carbocycles. The molecule has 0 fully saturated rings. The largest absolute Gasteiger partial charge is 0.344 e. The van der Waals surface area contributed by atoms with Gasteiger partial charge in [-0.2, -0.15) is 0 Å². The Labute approximate surface area is 141 Å². The summed E-state index contributed by atoms with van der Waals surface area (Å²) in [7, 11) is 2.15. The molecule has 2 aromatic heterocycles. The van der Waals surface area contributed by atoms with E-state index in [0.717, 1.165) is 49.8 Å². The first-order valence-corrected chi connectivity index (χ1v) is 8.59. The summed E-state index contributed by atoms with van der Waals surface area (Å²) in [6, 6.07) is 9.35. The molecule has 0 bridgehead atoms. The van der Waals surface area contributed by atoms with Crippen LogP contribution in [0.2, 0.25) is 0 Å². The molecule has 0 amide bonds. The second-order valence-electron chi connectivity index (χ2n) is 6.69. The molecule has 3 nitrogen and oxygen atoms in total. The molecule has 4 heteroatoms. The third kappa shape index (κ3) is 2.82. The van der Waals surface area contributed by atoms with Crippen molar-refractivity contribution in [3.05, 3.63) is 65.4 Å². The molecule has 0 atom stereocenters. The highest BCUT2D eigenvalue weighted by molar-refractivity contribution is 5.85. The molecule has 3 aromatic rings. The predicted octanol–water partition coefficient (Wildman–Crippen LogP) is 3.80. The molecule has 1 aromatic carbocycles. The third-order valence-corrected chi connectivity index (χ3v) is 5.00. The predicted molar refractivity (Wildman–Crippen MR) is 94.5 cm³/mol. The van der Waals surface area contributed by atoms with Gasteiger partial charge < -0.3 is 9.47 Å². The van der Waals surface area contributed by atoms with Crippen LogP contribution in [0.4, 0.5) is 4.39 Å². The van der Waals surface area contributed by atoms with Crippen LogP contribution in [0.15, 0.2) is 42.7 Å². The van der Waals surface area contributed by atoms with Crippen molar-refractivity contribution >= 4 is 10.9 Å². The number of rotatable bonds is 3. The number of pyridine rings is 1. The Morgan fingerprint density at radius 2 is 2.00 bits per heavy atom. The highest BCUT2D eigenvalue weighted by atomic mass is 19.1. The van der Waals surface area contributed by atoms with Crippen molar-refractivity contribution in [1.29, 1.82) is 0 Å². The summed E-state index contributed by atoms with van der Waals surface area (Å²) in [4.78, 5) is 6.42. The van der Waals surface area contributed by atoms with E-state index >= 15 is 0 Å². The van der Waals surface area contributed by atoms with Crippen LogP contribution < -0.4 is 0 Å². The van der Waals surface area contributed by atoms with Crippen LogP contribution in [0, 0.1) is 5.82 Å². The van der Waals surface area contributed by atoms with Gasteiger partial charge in [-0.3, -0.25) is 4.98 Å². The van der Waals surface area contributed by atoms with Gasteiger partial charge in [-0.15, -0.1) is 0 Å². The summed E-state index contributed by atoms with van der Waals surface area (Å²) >= 11 is 0. The lowest BCUT2D eigenvalue weighted by Crippen LogP contribution is -2.17. The van der Waals surface area contributed by atoms with E-state index in [1.54, 1.807) is 12.1 Å². The molecule has 0 N–H and O–H groups in total. The van der Waals surface area contributed by atoms with Gasteiger partial charge >= 0.3 is 0 Å². The highest BCUT2D eigenvalue weighted by Crippen LogP contribution is 2.31. The molecular weight excluding hydrogens is 301 g/mol. The van der Waals surface area contributed by atoms with Gasteiger partial charge in [-0.1, -0.05) is 0 Å². The summed E-state index contributed by atoms with van der Waals surface area (Å²) in [5.74, 6) is -0.150. The van der Waals surface area contributed by atoms with Gasteiger partial charge in [0.25, 0.3) is 0 Å². The number of nitrogens with zero attached hydrogens (tertiary/aromatic N) is 3. The fraction of sp³-hybridized carbons (Fsp3) is 0.350. The number of benzene rings is 1. The molecule has 1 aliphatic heterocycles. The van der Waals surface area contributed by atoms with Gasteiger partial charge in [0.1, 0.15) is 5.82 Å². The first-order valence-electron chi connectivity index (χ1n) is 8.59. The molecule has 3 heterocycles. The zero-order chi connectivity index (χ0) is 16.5. The second kappa shape index (κ2) is 6.36. The Morgan fingerprint density at radius 1 is 1.17 bits per heavy atom. The fourth-order valence-corrected chi connectivity index (χ4v) is 3.82. The smallest absolute Gasteiger partial charge is 0.123 e. The minimum absolute atomic E-state index is 0.150. The molecular formula is C20H22FN3. The van der Waals surface area contributed by atoms with E-state index in [2.05, 4.69) is 33.6 Å². The maximum atomic E-state index is 13.8. The molecule has 0 radical (unpaired) electrons. The maximum absolute atomic E-state index is 13.8. The van der Waals surface area contributed by atoms with Crippen LogP contribution in [0.3, 0.4) is 0 Å². The molecule has 1 aliphatic rings. The Bertz CT molecular complexity index is 854. The standard InChI is InChI=1S/C20H22FN3/c1-23-11-2-3-19-18(14-23)17-13-16(21)4-5-20(17)24(19)12-8-15-6-9-22-10-7-15/h4-7,9-10,13H,2-3,8,11-12,14H2,1H3. The first kappa shape index (κ1) is 15.3. The average Bonchev–Trinajstić information content (AvgIpc) is 2.73. The van der Waals surface area contributed by atoms with Gasteiger partial charge in [0.2, 0.25) is 0 Å². The Hall–Kier alpha value is -2.20. The van der Waals surface area contributed by atoms with E-state index < -0.39 is 0 Å². The van der Waals surface area contributed by atoms with E-state index in [9.17, 15) is 4.39 Å². The van der Waals surface area contributed by atoms with Gasteiger partial charge in [-0.05, 0) is 74.3 Å². The van der Waals surface area contributed by atoms with Crippen molar-refractivity contribution in [2.24, 2.45) is 0 Å². The van der Waals surface area contributed by atoms with Crippen molar-refractivity contribution in [3.63, 3.8) is 0 Å². The number of halogens is 1. The lowest BCUT2D eigenvalue weighted by molar-refractivity contribution is 0.333. The zero-order valence-corrected chi connectivity index (χ0v) is 14.0. The molecule has 0 saturated carbocycles. The second-order valence-corrected chi connectivity index (χ2v) is 6.69. The molecule has 0 saturated heterocycles. The van der Waals surface area contributed by atoms with Crippen LogP contribution in [0.1, 0.15) is 23.2 Å². The number of aryl methyl sites for hydroxylation is 2. The van der Waals surface area contributed by atoms with E-state index in [1.807, 2.05) is 18.5 Å². The minimum Gasteiger partial charge on any atom is -0.344 e. The van der Waals surface area contributed by atoms with Gasteiger partial charge in [0.15, 0.2) is 0 Å². The van der Waals surface area contributed by atoms with Gasteiger partial charge in [0, 0.05) is 42.1 Å². The minimum atomic E-state index is -0.150. The quantitative estimate of drug-likeness (QED) is 0.731. The van der Waals surface area contributed by atoms with Crippen LogP contribution in [0.25, 0.3) is 10.9 Å². The van der Waals surface area contributed by atoms with Crippen molar-refractivity contribution in [2.75, 3.05) is 13.6 Å². The van der Waals surface area contributed by atoms with Crippen LogP contribution in [-0.2, 0) is 25.9 Å². The summed E-state index contributed by atoms with van der Waals surface area (Å²) in [6.45, 7) is 2.92. The number of hydrogen-bond donors (Lipinski definition) is 0. The topological polar surface area (TPSA) is 21.1 Å². The molecule has 24 heavy (non-hydrogen) atoms. The molecule has 4 rings (SSSR count). The van der Waals surface area contributed by atoms with Crippen LogP contribution in [0.5, 0.6) is 0 Å². The van der Waals surface area contributed by atoms with E-state index in [4.69, 9.17) is 0 Å². The maximum Gasteiger partial charge on any atom is 0.123 e. The van der Waals surface area contributed by atoms with Crippen molar-refractivity contribution < 1.29 is 4.39 Å². The monoisotopic (exact) mass is 323 g/mol. The van der Waals surface area contributed by atoms with Crippen molar-refractivity contribution in [2.45, 2.75) is 32.4 Å². The van der Waals surface area contributed by atoms with Gasteiger partial charge in [0.05, 0.1) is 0 Å². The first-order chi connectivity index (χ1) is 11.7. The highest BCUT2D eigenvalue weighted by Gasteiger charge is 2.21. The summed E-state index contributed by atoms with van der Waals surface area (Å²) in [6.07, 6.45) is 6.86. The normalized spacial score (nSPS) is 15.4. The Kier molecular flexibility index (Phi) is 4.07. The van der Waals surface area contributed by atoms with Crippen LogP contribution >= 0.6 is 0 Å². The number of aromatic nitrogens is 2. The van der Waals surface area contributed by atoms with Crippen LogP contribution in [-0.4, -0.2) is 28.0 Å². The number of hydrogen-bond acceptors (Lipinski definition) is 2. The third-order valence-electron chi connectivity index (χ3n) is 5.00.